The predicted octanol–water partition coefficient (Wildman–Crippen LogP) is 10.3. The van der Waals surface area contributed by atoms with Crippen molar-refractivity contribution in [1.82, 2.24) is 0 Å². The molecule has 0 aromatic carbocycles. The molecule has 0 radical (unpaired) electrons. The lowest BCUT2D eigenvalue weighted by Crippen LogP contribution is -2.14. The van der Waals surface area contributed by atoms with Crippen molar-refractivity contribution in [2.24, 2.45) is 5.92 Å². The molecule has 1 aliphatic rings. The van der Waals surface area contributed by atoms with E-state index >= 15 is 0 Å². The van der Waals surface area contributed by atoms with Crippen LogP contribution in [0.1, 0.15) is 150 Å². The van der Waals surface area contributed by atoms with Crippen molar-refractivity contribution in [3.05, 3.63) is 22.8 Å². The monoisotopic (exact) mass is 388 g/mol. The highest BCUT2D eigenvalue weighted by Gasteiger charge is 2.23. The summed E-state index contributed by atoms with van der Waals surface area (Å²) < 4.78 is 0. The van der Waals surface area contributed by atoms with Gasteiger partial charge in [-0.3, -0.25) is 0 Å². The van der Waals surface area contributed by atoms with Crippen molar-refractivity contribution in [3.8, 4) is 0 Å². The number of hydrogen-bond donors (Lipinski definition) is 0. The van der Waals surface area contributed by atoms with Crippen molar-refractivity contribution in [2.45, 2.75) is 150 Å². The van der Waals surface area contributed by atoms with E-state index in [1.54, 1.807) is 0 Å². The maximum Gasteiger partial charge on any atom is 0.000959 e. The molecule has 1 rings (SSSR count). The van der Waals surface area contributed by atoms with E-state index in [1.165, 1.54) is 122 Å². The first-order chi connectivity index (χ1) is 13.8. The van der Waals surface area contributed by atoms with Gasteiger partial charge >= 0.3 is 0 Å². The molecule has 0 bridgehead atoms. The van der Waals surface area contributed by atoms with Gasteiger partial charge in [0.25, 0.3) is 0 Å². The van der Waals surface area contributed by atoms with Crippen LogP contribution >= 0.6 is 0 Å². The molecule has 0 fully saturated rings. The summed E-state index contributed by atoms with van der Waals surface area (Å²) in [4.78, 5) is 0. The fourth-order valence-corrected chi connectivity index (χ4v) is 4.98. The first kappa shape index (κ1) is 25.5. The lowest BCUT2D eigenvalue weighted by Gasteiger charge is -2.30. The fraction of sp³-hybridized carbons (Fsp3) is 0.857. The summed E-state index contributed by atoms with van der Waals surface area (Å²) in [6, 6.07) is 0. The zero-order valence-corrected chi connectivity index (χ0v) is 20.1. The fourth-order valence-electron chi connectivity index (χ4n) is 4.98. The Morgan fingerprint density at radius 1 is 0.679 bits per heavy atom. The maximum atomic E-state index is 2.69. The average Bonchev–Trinajstić information content (AvgIpc) is 2.69. The van der Waals surface area contributed by atoms with Crippen molar-refractivity contribution in [2.75, 3.05) is 0 Å². The predicted molar refractivity (Wildman–Crippen MR) is 129 cm³/mol. The van der Waals surface area contributed by atoms with Crippen LogP contribution in [0.5, 0.6) is 0 Å². The highest BCUT2D eigenvalue weighted by atomic mass is 14.3. The molecule has 28 heavy (non-hydrogen) atoms. The van der Waals surface area contributed by atoms with E-state index < -0.39 is 0 Å². The third-order valence-corrected chi connectivity index (χ3v) is 6.71. The molecule has 0 spiro atoms. The van der Waals surface area contributed by atoms with Gasteiger partial charge in [-0.05, 0) is 64.2 Å². The van der Waals surface area contributed by atoms with Gasteiger partial charge in [-0.15, -0.1) is 0 Å². The van der Waals surface area contributed by atoms with E-state index in [1.807, 2.05) is 16.7 Å². The zero-order valence-electron chi connectivity index (χ0n) is 20.1. The molecular formula is C28H52. The second-order valence-electron chi connectivity index (χ2n) is 9.22. The zero-order chi connectivity index (χ0) is 20.5. The van der Waals surface area contributed by atoms with Crippen LogP contribution in [-0.2, 0) is 0 Å². The van der Waals surface area contributed by atoms with E-state index in [9.17, 15) is 0 Å². The summed E-state index contributed by atoms with van der Waals surface area (Å²) in [5.41, 5.74) is 5.65. The third-order valence-electron chi connectivity index (χ3n) is 6.71. The second kappa shape index (κ2) is 17.3. The van der Waals surface area contributed by atoms with Crippen molar-refractivity contribution < 1.29 is 0 Å². The Bertz CT molecular complexity index is 425. The van der Waals surface area contributed by atoms with Gasteiger partial charge in [-0.1, -0.05) is 108 Å². The van der Waals surface area contributed by atoms with Crippen LogP contribution in [0.25, 0.3) is 0 Å². The molecule has 0 aliphatic heterocycles. The maximum absolute atomic E-state index is 2.69. The van der Waals surface area contributed by atoms with Crippen LogP contribution in [0.2, 0.25) is 0 Å². The molecule has 0 aromatic heterocycles. The molecule has 0 heteroatoms. The van der Waals surface area contributed by atoms with Crippen LogP contribution in [0.3, 0.4) is 0 Å². The summed E-state index contributed by atoms with van der Waals surface area (Å²) in [7, 11) is 0. The van der Waals surface area contributed by atoms with E-state index in [0.717, 1.165) is 5.92 Å². The topological polar surface area (TPSA) is 0 Å². The summed E-state index contributed by atoms with van der Waals surface area (Å²) in [6.07, 6.45) is 29.0. The largest absolute Gasteiger partial charge is 0.0847 e. The highest BCUT2D eigenvalue weighted by Crippen LogP contribution is 2.39. The Morgan fingerprint density at radius 3 is 1.89 bits per heavy atom. The third kappa shape index (κ3) is 10.3. The Balaban J connectivity index is 3.08. The van der Waals surface area contributed by atoms with Crippen LogP contribution in [0, 0.1) is 5.92 Å². The SMILES string of the molecule is CCCCC/C1=C(\CCCCC)C(CCCCC)/C(CCCCC)=C/CCC1. The van der Waals surface area contributed by atoms with Gasteiger partial charge in [0.15, 0.2) is 0 Å². The molecule has 0 amide bonds. The van der Waals surface area contributed by atoms with Gasteiger partial charge in [0, 0.05) is 5.92 Å². The van der Waals surface area contributed by atoms with Gasteiger partial charge in [0.2, 0.25) is 0 Å². The molecule has 0 saturated heterocycles. The van der Waals surface area contributed by atoms with E-state index in [-0.39, 0.29) is 0 Å². The summed E-state index contributed by atoms with van der Waals surface area (Å²) in [5, 5.41) is 0. The second-order valence-corrected chi connectivity index (χ2v) is 9.22. The molecule has 0 saturated carbocycles. The van der Waals surface area contributed by atoms with Crippen molar-refractivity contribution >= 4 is 0 Å². The molecular weight excluding hydrogens is 336 g/mol. The molecule has 1 aliphatic carbocycles. The Morgan fingerprint density at radius 2 is 1.25 bits per heavy atom. The molecule has 0 nitrogen and oxygen atoms in total. The minimum absolute atomic E-state index is 0.789. The number of hydrogen-bond acceptors (Lipinski definition) is 0. The van der Waals surface area contributed by atoms with E-state index in [2.05, 4.69) is 33.8 Å². The lowest BCUT2D eigenvalue weighted by atomic mass is 9.76. The van der Waals surface area contributed by atoms with Gasteiger partial charge in [-0.25, -0.2) is 0 Å². The Kier molecular flexibility index (Phi) is 15.8. The van der Waals surface area contributed by atoms with E-state index in [0.29, 0.717) is 0 Å². The number of unbranched alkanes of at least 4 members (excludes halogenated alkanes) is 8. The van der Waals surface area contributed by atoms with Crippen LogP contribution in [0.4, 0.5) is 0 Å². The normalized spacial score (nSPS) is 22.6. The summed E-state index contributed by atoms with van der Waals surface area (Å²) in [5.74, 6) is 0.789. The molecule has 0 heterocycles. The molecule has 1 unspecified atom stereocenters. The quantitative estimate of drug-likeness (QED) is 0.182. The van der Waals surface area contributed by atoms with Gasteiger partial charge in [0.1, 0.15) is 0 Å². The summed E-state index contributed by atoms with van der Waals surface area (Å²) >= 11 is 0. The molecule has 0 N–H and O–H groups in total. The van der Waals surface area contributed by atoms with Gasteiger partial charge in [0.05, 0.1) is 0 Å². The standard InChI is InChI=1S/C28H52/c1-5-9-13-19-25-21-17-18-22-26(20-14-10-6-2)28(24-16-12-8-4)27(25)23-15-11-7-3/h21,27H,5-20,22-24H2,1-4H3/b25-21+,28-26-. The molecule has 0 aromatic rings. The molecule has 1 atom stereocenters. The minimum Gasteiger partial charge on any atom is -0.0847 e. The minimum atomic E-state index is 0.789. The van der Waals surface area contributed by atoms with Crippen molar-refractivity contribution in [3.63, 3.8) is 0 Å². The number of allylic oxidation sites excluding steroid dienone is 4. The van der Waals surface area contributed by atoms with Crippen LogP contribution in [-0.4, -0.2) is 0 Å². The smallest absolute Gasteiger partial charge is 0.000959 e. The lowest BCUT2D eigenvalue weighted by molar-refractivity contribution is 0.507. The first-order valence-corrected chi connectivity index (χ1v) is 13.2. The average molecular weight is 389 g/mol. The van der Waals surface area contributed by atoms with Crippen molar-refractivity contribution in [1.29, 1.82) is 0 Å². The van der Waals surface area contributed by atoms with Crippen LogP contribution < -0.4 is 0 Å². The number of rotatable bonds is 16. The Labute approximate surface area is 178 Å². The summed E-state index contributed by atoms with van der Waals surface area (Å²) in [6.45, 7) is 9.39. The highest BCUT2D eigenvalue weighted by molar-refractivity contribution is 5.28. The van der Waals surface area contributed by atoms with Gasteiger partial charge < -0.3 is 0 Å². The van der Waals surface area contributed by atoms with Crippen LogP contribution in [0.15, 0.2) is 22.8 Å². The first-order valence-electron chi connectivity index (χ1n) is 13.2. The molecule has 164 valence electrons. The van der Waals surface area contributed by atoms with Gasteiger partial charge in [-0.2, -0.15) is 0 Å². The Hall–Kier alpha value is -0.520. The van der Waals surface area contributed by atoms with E-state index in [4.69, 9.17) is 0 Å².